The monoisotopic (exact) mass is 364 g/mol. The van der Waals surface area contributed by atoms with Gasteiger partial charge in [-0.15, -0.1) is 0 Å². The van der Waals surface area contributed by atoms with E-state index in [-0.39, 0.29) is 5.56 Å². The lowest BCUT2D eigenvalue weighted by molar-refractivity contribution is -0.141. The number of pyridine rings is 1. The zero-order valence-corrected chi connectivity index (χ0v) is 13.8. The lowest BCUT2D eigenvalue weighted by atomic mass is 9.87. The van der Waals surface area contributed by atoms with E-state index in [0.717, 1.165) is 12.1 Å². The molecule has 3 aromatic rings. The third kappa shape index (κ3) is 3.13. The average Bonchev–Trinajstić information content (AvgIpc) is 2.98. The Hall–Kier alpha value is -2.94. The van der Waals surface area contributed by atoms with Gasteiger partial charge in [-0.05, 0) is 49.2 Å². The van der Waals surface area contributed by atoms with Crippen LogP contribution in [0.4, 0.5) is 13.2 Å². The van der Waals surface area contributed by atoms with Gasteiger partial charge in [0.1, 0.15) is 11.4 Å². The van der Waals surface area contributed by atoms with Crippen molar-refractivity contribution in [2.24, 2.45) is 5.73 Å². The van der Waals surface area contributed by atoms with E-state index in [2.05, 4.69) is 15.2 Å². The van der Waals surface area contributed by atoms with Crippen LogP contribution in [0.3, 0.4) is 0 Å². The molecule has 0 saturated carbocycles. The second-order valence-electron chi connectivity index (χ2n) is 6.37. The highest BCUT2D eigenvalue weighted by Crippen LogP contribution is 2.37. The van der Waals surface area contributed by atoms with Crippen molar-refractivity contribution >= 4 is 16.8 Å². The highest BCUT2D eigenvalue weighted by molar-refractivity contribution is 5.99. The van der Waals surface area contributed by atoms with Gasteiger partial charge in [-0.3, -0.25) is 9.89 Å². The SMILES string of the molecule is CC(C)(O)c1cc2[nH]ncc2cc1-c1ccc(C(F)(F)F)nc1C(N)=O. The molecule has 9 heteroatoms. The van der Waals surface area contributed by atoms with E-state index in [0.29, 0.717) is 22.0 Å². The van der Waals surface area contributed by atoms with Gasteiger partial charge in [-0.2, -0.15) is 18.3 Å². The number of rotatable bonds is 3. The zero-order valence-electron chi connectivity index (χ0n) is 13.8. The minimum atomic E-state index is -4.71. The second kappa shape index (κ2) is 5.80. The van der Waals surface area contributed by atoms with Crippen molar-refractivity contribution in [2.45, 2.75) is 25.6 Å². The molecule has 0 fully saturated rings. The first-order valence-electron chi connectivity index (χ1n) is 7.57. The molecule has 3 rings (SSSR count). The summed E-state index contributed by atoms with van der Waals surface area (Å²) in [6.07, 6.45) is -3.19. The quantitative estimate of drug-likeness (QED) is 0.664. The maximum absolute atomic E-state index is 12.9. The summed E-state index contributed by atoms with van der Waals surface area (Å²) in [7, 11) is 0. The summed E-state index contributed by atoms with van der Waals surface area (Å²) in [4.78, 5) is 15.2. The smallest absolute Gasteiger partial charge is 0.386 e. The van der Waals surface area contributed by atoms with Crippen molar-refractivity contribution in [3.05, 3.63) is 47.4 Å². The summed E-state index contributed by atoms with van der Waals surface area (Å²) in [6.45, 7) is 3.05. The predicted octanol–water partition coefficient (Wildman–Crippen LogP) is 2.97. The van der Waals surface area contributed by atoms with Crippen LogP contribution in [0, 0.1) is 0 Å². The molecule has 2 aromatic heterocycles. The Morgan fingerprint density at radius 1 is 1.19 bits per heavy atom. The lowest BCUT2D eigenvalue weighted by Crippen LogP contribution is -2.21. The molecule has 2 heterocycles. The first-order chi connectivity index (χ1) is 12.0. The standard InChI is InChI=1S/C17H15F3N4O2/c1-16(2,26)11-6-12-8(7-22-24-12)5-10(11)9-3-4-13(17(18,19)20)23-14(9)15(21)25/h3-7,26H,1-2H3,(H2,21,25)(H,22,24). The normalized spacial score (nSPS) is 12.5. The molecule has 4 N–H and O–H groups in total. The second-order valence-corrected chi connectivity index (χ2v) is 6.37. The number of halogens is 3. The number of nitrogens with zero attached hydrogens (tertiary/aromatic N) is 2. The largest absolute Gasteiger partial charge is 0.433 e. The molecule has 0 atom stereocenters. The Morgan fingerprint density at radius 2 is 1.88 bits per heavy atom. The van der Waals surface area contributed by atoms with Gasteiger partial charge in [-0.25, -0.2) is 4.98 Å². The number of amides is 1. The molecule has 0 spiro atoms. The number of carbonyl (C=O) groups is 1. The molecular formula is C17H15F3N4O2. The van der Waals surface area contributed by atoms with Crippen molar-refractivity contribution in [2.75, 3.05) is 0 Å². The van der Waals surface area contributed by atoms with E-state index in [1.54, 1.807) is 12.1 Å². The molecule has 1 aromatic carbocycles. The van der Waals surface area contributed by atoms with Gasteiger partial charge in [-0.1, -0.05) is 0 Å². The fourth-order valence-corrected chi connectivity index (χ4v) is 2.74. The first kappa shape index (κ1) is 17.9. The van der Waals surface area contributed by atoms with E-state index < -0.39 is 29.1 Å². The topological polar surface area (TPSA) is 105 Å². The van der Waals surface area contributed by atoms with Gasteiger partial charge in [0, 0.05) is 10.9 Å². The third-order valence-electron chi connectivity index (χ3n) is 3.95. The van der Waals surface area contributed by atoms with Crippen LogP contribution in [0.1, 0.15) is 35.6 Å². The van der Waals surface area contributed by atoms with Crippen LogP contribution in [0.5, 0.6) is 0 Å². The van der Waals surface area contributed by atoms with Gasteiger partial charge >= 0.3 is 6.18 Å². The third-order valence-corrected chi connectivity index (χ3v) is 3.95. The summed E-state index contributed by atoms with van der Waals surface area (Å²) in [5, 5.41) is 17.8. The number of primary amides is 1. The van der Waals surface area contributed by atoms with E-state index in [1.165, 1.54) is 20.0 Å². The summed E-state index contributed by atoms with van der Waals surface area (Å²) in [6, 6.07) is 5.14. The summed E-state index contributed by atoms with van der Waals surface area (Å²) >= 11 is 0. The Labute approximate surface area is 145 Å². The number of H-pyrrole nitrogens is 1. The summed E-state index contributed by atoms with van der Waals surface area (Å²) in [5.41, 5.74) is 3.66. The molecule has 0 saturated heterocycles. The minimum absolute atomic E-state index is 0.103. The number of benzene rings is 1. The van der Waals surface area contributed by atoms with Gasteiger partial charge in [0.15, 0.2) is 0 Å². The highest BCUT2D eigenvalue weighted by Gasteiger charge is 2.34. The molecule has 6 nitrogen and oxygen atoms in total. The minimum Gasteiger partial charge on any atom is -0.386 e. The number of hydrogen-bond acceptors (Lipinski definition) is 4. The number of alkyl halides is 3. The van der Waals surface area contributed by atoms with Gasteiger partial charge < -0.3 is 10.8 Å². The number of aromatic nitrogens is 3. The van der Waals surface area contributed by atoms with Crippen LogP contribution in [0.25, 0.3) is 22.0 Å². The summed E-state index contributed by atoms with van der Waals surface area (Å²) < 4.78 is 38.8. The van der Waals surface area contributed by atoms with Crippen molar-refractivity contribution in [3.63, 3.8) is 0 Å². The number of fused-ring (bicyclic) bond motifs is 1. The average molecular weight is 364 g/mol. The summed E-state index contributed by atoms with van der Waals surface area (Å²) in [5.74, 6) is -1.10. The number of nitrogens with two attached hydrogens (primary N) is 1. The fourth-order valence-electron chi connectivity index (χ4n) is 2.74. The molecule has 0 bridgehead atoms. The number of carbonyl (C=O) groups excluding carboxylic acids is 1. The van der Waals surface area contributed by atoms with Crippen LogP contribution >= 0.6 is 0 Å². The van der Waals surface area contributed by atoms with Crippen LogP contribution in [-0.4, -0.2) is 26.2 Å². The fraction of sp³-hybridized carbons (Fsp3) is 0.235. The number of nitrogens with one attached hydrogen (secondary N) is 1. The molecule has 136 valence electrons. The maximum atomic E-state index is 12.9. The van der Waals surface area contributed by atoms with Crippen molar-refractivity contribution in [1.82, 2.24) is 15.2 Å². The molecular weight excluding hydrogens is 349 g/mol. The van der Waals surface area contributed by atoms with Crippen LogP contribution in [0.2, 0.25) is 0 Å². The first-order valence-corrected chi connectivity index (χ1v) is 7.57. The number of aromatic amines is 1. The molecule has 1 amide bonds. The number of hydrogen-bond donors (Lipinski definition) is 3. The molecule has 0 radical (unpaired) electrons. The predicted molar refractivity (Wildman–Crippen MR) is 88.1 cm³/mol. The van der Waals surface area contributed by atoms with Gasteiger partial charge in [0.25, 0.3) is 5.91 Å². The van der Waals surface area contributed by atoms with Crippen LogP contribution in [-0.2, 0) is 11.8 Å². The molecule has 0 aliphatic carbocycles. The zero-order chi connectivity index (χ0) is 19.3. The van der Waals surface area contributed by atoms with E-state index in [1.807, 2.05) is 0 Å². The van der Waals surface area contributed by atoms with Crippen molar-refractivity contribution < 1.29 is 23.1 Å². The van der Waals surface area contributed by atoms with E-state index >= 15 is 0 Å². The Balaban J connectivity index is 2.34. The maximum Gasteiger partial charge on any atom is 0.433 e. The Bertz CT molecular complexity index is 1000. The van der Waals surface area contributed by atoms with Gasteiger partial charge in [0.2, 0.25) is 0 Å². The highest BCUT2D eigenvalue weighted by atomic mass is 19.4. The van der Waals surface area contributed by atoms with Gasteiger partial charge in [0.05, 0.1) is 17.3 Å². The van der Waals surface area contributed by atoms with Crippen LogP contribution < -0.4 is 5.73 Å². The molecule has 0 aliphatic heterocycles. The molecule has 0 unspecified atom stereocenters. The van der Waals surface area contributed by atoms with E-state index in [9.17, 15) is 23.1 Å². The van der Waals surface area contributed by atoms with Crippen molar-refractivity contribution in [1.29, 1.82) is 0 Å². The van der Waals surface area contributed by atoms with Crippen molar-refractivity contribution in [3.8, 4) is 11.1 Å². The Kier molecular flexibility index (Phi) is 3.99. The molecule has 26 heavy (non-hydrogen) atoms. The molecule has 0 aliphatic rings. The Morgan fingerprint density at radius 3 is 2.46 bits per heavy atom. The number of aliphatic hydroxyl groups is 1. The van der Waals surface area contributed by atoms with Crippen LogP contribution in [0.15, 0.2) is 30.5 Å². The van der Waals surface area contributed by atoms with E-state index in [4.69, 9.17) is 5.73 Å². The lowest BCUT2D eigenvalue weighted by Gasteiger charge is -2.23.